The predicted octanol–water partition coefficient (Wildman–Crippen LogP) is 4.75. The molecular formula is C16H22O2S2. The first kappa shape index (κ1) is 17.3. The minimum atomic E-state index is -0.00667. The molecule has 0 aliphatic rings. The molecule has 0 aromatic heterocycles. The summed E-state index contributed by atoms with van der Waals surface area (Å²) in [5, 5.41) is -0.0133. The third-order valence-corrected chi connectivity index (χ3v) is 5.09. The minimum Gasteiger partial charge on any atom is -0.282 e. The molecule has 0 bridgehead atoms. The van der Waals surface area contributed by atoms with Crippen molar-refractivity contribution in [1.82, 2.24) is 0 Å². The number of hydrogen-bond acceptors (Lipinski definition) is 4. The molecule has 0 heterocycles. The highest BCUT2D eigenvalue weighted by molar-refractivity contribution is 8.14. The summed E-state index contributed by atoms with van der Waals surface area (Å²) in [6.45, 7) is 8.32. The number of thioether (sulfide) groups is 2. The van der Waals surface area contributed by atoms with Gasteiger partial charge in [0.15, 0.2) is 0 Å². The van der Waals surface area contributed by atoms with Crippen LogP contribution in [0.3, 0.4) is 0 Å². The maximum Gasteiger partial charge on any atom is 0.220 e. The zero-order chi connectivity index (χ0) is 15.1. The van der Waals surface area contributed by atoms with Gasteiger partial charge in [-0.2, -0.15) is 0 Å². The van der Waals surface area contributed by atoms with E-state index in [0.29, 0.717) is 23.0 Å². The van der Waals surface area contributed by atoms with Crippen LogP contribution in [0.2, 0.25) is 0 Å². The molecule has 1 rings (SSSR count). The molecule has 0 aliphatic carbocycles. The molecule has 0 amide bonds. The topological polar surface area (TPSA) is 34.1 Å². The van der Waals surface area contributed by atoms with Crippen molar-refractivity contribution in [1.29, 1.82) is 0 Å². The first-order valence-corrected chi connectivity index (χ1v) is 8.82. The summed E-state index contributed by atoms with van der Waals surface area (Å²) in [4.78, 5) is 24.4. The highest BCUT2D eigenvalue weighted by Crippen LogP contribution is 2.23. The third kappa shape index (κ3) is 5.71. The molecule has 110 valence electrons. The Morgan fingerprint density at radius 3 is 1.50 bits per heavy atom. The molecule has 0 saturated heterocycles. The normalized spacial score (nSPS) is 11.1. The molecule has 1 aromatic rings. The van der Waals surface area contributed by atoms with E-state index in [1.165, 1.54) is 23.5 Å². The second-order valence-electron chi connectivity index (χ2n) is 5.53. The van der Waals surface area contributed by atoms with Gasteiger partial charge in [-0.25, -0.2) is 0 Å². The second kappa shape index (κ2) is 8.53. The number of carbonyl (C=O) groups is 2. The number of benzene rings is 1. The van der Waals surface area contributed by atoms with Gasteiger partial charge >= 0.3 is 0 Å². The largest absolute Gasteiger partial charge is 0.282 e. The van der Waals surface area contributed by atoms with Crippen LogP contribution in [-0.2, 0) is 0 Å². The summed E-state index contributed by atoms with van der Waals surface area (Å²) in [6, 6.07) is 7.12. The van der Waals surface area contributed by atoms with Gasteiger partial charge in [0.05, 0.1) is 0 Å². The van der Waals surface area contributed by atoms with Gasteiger partial charge in [0, 0.05) is 22.6 Å². The lowest BCUT2D eigenvalue weighted by Gasteiger charge is -2.09. The molecule has 0 unspecified atom stereocenters. The summed E-state index contributed by atoms with van der Waals surface area (Å²) >= 11 is 2.59. The van der Waals surface area contributed by atoms with Crippen LogP contribution in [0.1, 0.15) is 48.4 Å². The summed E-state index contributed by atoms with van der Waals surface area (Å²) in [5.74, 6) is 2.48. The van der Waals surface area contributed by atoms with E-state index in [1.807, 2.05) is 12.1 Å². The lowest BCUT2D eigenvalue weighted by molar-refractivity contribution is 0.105. The van der Waals surface area contributed by atoms with Gasteiger partial charge in [0.1, 0.15) is 0 Å². The Kier molecular flexibility index (Phi) is 7.38. The average molecular weight is 310 g/mol. The van der Waals surface area contributed by atoms with Gasteiger partial charge in [0.2, 0.25) is 10.2 Å². The molecule has 0 spiro atoms. The van der Waals surface area contributed by atoms with Gasteiger partial charge in [-0.3, -0.25) is 9.59 Å². The summed E-state index contributed by atoms with van der Waals surface area (Å²) in [7, 11) is 0. The van der Waals surface area contributed by atoms with Crippen LogP contribution in [0.4, 0.5) is 0 Å². The first-order chi connectivity index (χ1) is 9.41. The molecule has 0 N–H and O–H groups in total. The Balaban J connectivity index is 2.82. The molecule has 1 aromatic carbocycles. The van der Waals surface area contributed by atoms with E-state index in [4.69, 9.17) is 0 Å². The fraction of sp³-hybridized carbons (Fsp3) is 0.500. The fourth-order valence-electron chi connectivity index (χ4n) is 1.48. The van der Waals surface area contributed by atoms with Crippen LogP contribution in [0.15, 0.2) is 24.3 Å². The maximum absolute atomic E-state index is 12.2. The minimum absolute atomic E-state index is 0.00667. The highest BCUT2D eigenvalue weighted by atomic mass is 32.2. The van der Waals surface area contributed by atoms with E-state index in [9.17, 15) is 9.59 Å². The van der Waals surface area contributed by atoms with Crippen molar-refractivity contribution in [2.75, 3.05) is 11.5 Å². The zero-order valence-corrected chi connectivity index (χ0v) is 14.1. The van der Waals surface area contributed by atoms with Crippen LogP contribution in [-0.4, -0.2) is 21.7 Å². The van der Waals surface area contributed by atoms with E-state index >= 15 is 0 Å². The van der Waals surface area contributed by atoms with Gasteiger partial charge in [0.25, 0.3) is 0 Å². The Labute approximate surface area is 130 Å². The molecule has 0 radical (unpaired) electrons. The molecule has 0 fully saturated rings. The van der Waals surface area contributed by atoms with Crippen LogP contribution in [0, 0.1) is 11.8 Å². The SMILES string of the molecule is CC(C)CSC(=O)c1ccccc1C(=O)SCC(C)C. The van der Waals surface area contributed by atoms with Crippen LogP contribution >= 0.6 is 23.5 Å². The van der Waals surface area contributed by atoms with Crippen LogP contribution < -0.4 is 0 Å². The number of hydrogen-bond donors (Lipinski definition) is 0. The van der Waals surface area contributed by atoms with Gasteiger partial charge in [-0.05, 0) is 24.0 Å². The van der Waals surface area contributed by atoms with Gasteiger partial charge in [-0.1, -0.05) is 63.4 Å². The number of carbonyl (C=O) groups excluding carboxylic acids is 2. The van der Waals surface area contributed by atoms with Gasteiger partial charge in [-0.15, -0.1) is 0 Å². The van der Waals surface area contributed by atoms with E-state index in [2.05, 4.69) is 27.7 Å². The maximum atomic E-state index is 12.2. The van der Waals surface area contributed by atoms with Crippen molar-refractivity contribution in [3.05, 3.63) is 35.4 Å². The highest BCUT2D eigenvalue weighted by Gasteiger charge is 2.17. The van der Waals surface area contributed by atoms with Crippen molar-refractivity contribution in [2.45, 2.75) is 27.7 Å². The summed E-state index contributed by atoms with van der Waals surface area (Å²) in [6.07, 6.45) is 0. The molecular weight excluding hydrogens is 288 g/mol. The van der Waals surface area contributed by atoms with Gasteiger partial charge < -0.3 is 0 Å². The molecule has 0 aliphatic heterocycles. The molecule has 2 nitrogen and oxygen atoms in total. The molecule has 4 heteroatoms. The van der Waals surface area contributed by atoms with E-state index in [0.717, 1.165) is 11.5 Å². The lowest BCUT2D eigenvalue weighted by Crippen LogP contribution is -2.07. The van der Waals surface area contributed by atoms with Crippen molar-refractivity contribution < 1.29 is 9.59 Å². The zero-order valence-electron chi connectivity index (χ0n) is 12.5. The predicted molar refractivity (Wildman–Crippen MR) is 89.7 cm³/mol. The molecule has 0 saturated carbocycles. The Morgan fingerprint density at radius 1 is 0.850 bits per heavy atom. The van der Waals surface area contributed by atoms with Crippen molar-refractivity contribution in [3.8, 4) is 0 Å². The Morgan fingerprint density at radius 2 is 1.20 bits per heavy atom. The Hall–Kier alpha value is -0.740. The van der Waals surface area contributed by atoms with Crippen LogP contribution in [0.25, 0.3) is 0 Å². The average Bonchev–Trinajstić information content (AvgIpc) is 2.42. The monoisotopic (exact) mass is 310 g/mol. The van der Waals surface area contributed by atoms with E-state index in [1.54, 1.807) is 12.1 Å². The fourth-order valence-corrected chi connectivity index (χ4v) is 3.12. The van der Waals surface area contributed by atoms with Crippen molar-refractivity contribution in [3.63, 3.8) is 0 Å². The van der Waals surface area contributed by atoms with E-state index in [-0.39, 0.29) is 10.2 Å². The molecule has 0 atom stereocenters. The third-order valence-electron chi connectivity index (χ3n) is 2.46. The molecule has 20 heavy (non-hydrogen) atoms. The summed E-state index contributed by atoms with van der Waals surface area (Å²) < 4.78 is 0. The quantitative estimate of drug-likeness (QED) is 0.759. The smallest absolute Gasteiger partial charge is 0.220 e. The second-order valence-corrected chi connectivity index (χ2v) is 7.52. The van der Waals surface area contributed by atoms with Crippen molar-refractivity contribution in [2.24, 2.45) is 11.8 Å². The Bertz CT molecular complexity index is 424. The standard InChI is InChI=1S/C16H22O2S2/c1-11(2)9-19-15(17)13-7-5-6-8-14(13)16(18)20-10-12(3)4/h5-8,11-12H,9-10H2,1-4H3. The first-order valence-electron chi connectivity index (χ1n) is 6.85. The summed E-state index contributed by atoms with van der Waals surface area (Å²) in [5.41, 5.74) is 1.08. The number of rotatable bonds is 6. The lowest BCUT2D eigenvalue weighted by atomic mass is 10.1. The van der Waals surface area contributed by atoms with E-state index < -0.39 is 0 Å². The van der Waals surface area contributed by atoms with Crippen molar-refractivity contribution >= 4 is 33.8 Å². The van der Waals surface area contributed by atoms with Crippen LogP contribution in [0.5, 0.6) is 0 Å².